The second-order valence-corrected chi connectivity index (χ2v) is 18.1. The largest absolute Gasteiger partial charge is 0.458 e. The number of rotatable bonds is 8. The van der Waals surface area contributed by atoms with Gasteiger partial charge in [0.1, 0.15) is 23.0 Å². The van der Waals surface area contributed by atoms with Crippen LogP contribution in [-0.4, -0.2) is 0 Å². The highest BCUT2D eigenvalue weighted by molar-refractivity contribution is 6.28. The molecule has 0 bridgehead atoms. The highest BCUT2D eigenvalue weighted by Crippen LogP contribution is 2.51. The number of anilines is 6. The maximum atomic E-state index is 16.0. The van der Waals surface area contributed by atoms with Crippen LogP contribution in [-0.2, 0) is 6.42 Å². The molecule has 0 saturated heterocycles. The average Bonchev–Trinajstić information content (AvgIpc) is 4.00. The molecule has 11 aromatic carbocycles. The summed E-state index contributed by atoms with van der Waals surface area (Å²) in [4.78, 5) is 4.45. The van der Waals surface area contributed by atoms with Gasteiger partial charge in [0.05, 0.1) is 22.7 Å². The minimum atomic E-state index is -0.303. The van der Waals surface area contributed by atoms with E-state index in [2.05, 4.69) is 113 Å². The number of aryl methyl sites for hydroxylation is 1. The van der Waals surface area contributed by atoms with E-state index >= 15 is 8.78 Å². The molecule has 70 heavy (non-hydrogen) atoms. The van der Waals surface area contributed by atoms with Gasteiger partial charge in [0.2, 0.25) is 0 Å². The molecule has 0 spiro atoms. The molecule has 4 nitrogen and oxygen atoms in total. The number of furan rings is 2. The third-order valence-electron chi connectivity index (χ3n) is 14.2. The third kappa shape index (κ3) is 6.19. The summed E-state index contributed by atoms with van der Waals surface area (Å²) in [5.74, 6) is 0.370. The highest BCUT2D eigenvalue weighted by Gasteiger charge is 2.27. The van der Waals surface area contributed by atoms with Gasteiger partial charge in [-0.05, 0) is 106 Å². The molecule has 332 valence electrons. The Kier molecular flexibility index (Phi) is 9.05. The quantitative estimate of drug-likeness (QED) is 0.142. The van der Waals surface area contributed by atoms with E-state index < -0.39 is 0 Å². The maximum Gasteiger partial charge on any atom is 0.159 e. The van der Waals surface area contributed by atoms with Crippen LogP contribution in [0.5, 0.6) is 0 Å². The fraction of sp³-hybridized carbons (Fsp3) is 0.0312. The highest BCUT2D eigenvalue weighted by atomic mass is 19.1. The lowest BCUT2D eigenvalue weighted by Gasteiger charge is -2.30. The van der Waals surface area contributed by atoms with Crippen molar-refractivity contribution in [2.24, 2.45) is 0 Å². The van der Waals surface area contributed by atoms with E-state index in [-0.39, 0.29) is 11.6 Å². The first-order valence-corrected chi connectivity index (χ1v) is 23.7. The van der Waals surface area contributed by atoms with Gasteiger partial charge in [-0.2, -0.15) is 0 Å². The van der Waals surface area contributed by atoms with E-state index in [0.29, 0.717) is 11.1 Å². The third-order valence-corrected chi connectivity index (χ3v) is 14.2. The summed E-state index contributed by atoms with van der Waals surface area (Å²) in [7, 11) is 0. The lowest BCUT2D eigenvalue weighted by molar-refractivity contribution is 0.546. The lowest BCUT2D eigenvalue weighted by atomic mass is 9.91. The van der Waals surface area contributed by atoms with Gasteiger partial charge in [-0.25, -0.2) is 8.78 Å². The van der Waals surface area contributed by atoms with Crippen LogP contribution in [0.15, 0.2) is 221 Å². The molecule has 0 saturated carbocycles. The molecule has 0 N–H and O–H groups in total. The van der Waals surface area contributed by atoms with Crippen LogP contribution < -0.4 is 9.80 Å². The standard InChI is InChI=1S/C64H40F2N2O2/c65-53-33-29-43(37-51(53)39-13-3-1-4-14-39)67(57-21-11-19-47-45-17-7-9-23-59(45)69-63(47)57)55-35-27-41-26-32-50-56(36-28-42-25-31-49(55)61(41)62(42)50)68(44-30-34-54(66)52(38-44)40-15-5-2-6-16-40)58-22-12-20-48-46-18-8-10-24-60(46)70-64(48)58/h1-9,11-23,25-38H,10,24H2. The first-order valence-electron chi connectivity index (χ1n) is 23.7. The van der Waals surface area contributed by atoms with E-state index in [4.69, 9.17) is 8.83 Å². The second kappa shape index (κ2) is 15.8. The van der Waals surface area contributed by atoms with Crippen molar-refractivity contribution >= 4 is 105 Å². The molecule has 13 aromatic rings. The van der Waals surface area contributed by atoms with Crippen molar-refractivity contribution < 1.29 is 17.6 Å². The number of para-hydroxylation sites is 3. The van der Waals surface area contributed by atoms with Crippen LogP contribution in [0.4, 0.5) is 42.9 Å². The maximum absolute atomic E-state index is 16.0. The van der Waals surface area contributed by atoms with Gasteiger partial charge in [0.15, 0.2) is 11.2 Å². The van der Waals surface area contributed by atoms with Crippen LogP contribution in [0.3, 0.4) is 0 Å². The Morgan fingerprint density at radius 3 is 1.51 bits per heavy atom. The molecule has 0 atom stereocenters. The molecule has 0 aliphatic heterocycles. The molecule has 0 radical (unpaired) electrons. The molecular formula is C64H40F2N2O2. The van der Waals surface area contributed by atoms with Crippen molar-refractivity contribution in [2.75, 3.05) is 9.80 Å². The number of halogens is 2. The average molecular weight is 907 g/mol. The van der Waals surface area contributed by atoms with Gasteiger partial charge < -0.3 is 18.6 Å². The predicted molar refractivity (Wildman–Crippen MR) is 285 cm³/mol. The Morgan fingerprint density at radius 1 is 0.400 bits per heavy atom. The van der Waals surface area contributed by atoms with Crippen molar-refractivity contribution in [3.8, 4) is 22.3 Å². The zero-order valence-corrected chi connectivity index (χ0v) is 37.7. The molecule has 1 aliphatic rings. The minimum absolute atomic E-state index is 0.297. The molecule has 2 aromatic heterocycles. The number of hydrogen-bond donors (Lipinski definition) is 0. The monoisotopic (exact) mass is 906 g/mol. The van der Waals surface area contributed by atoms with E-state index in [0.717, 1.165) is 135 Å². The SMILES string of the molecule is Fc1ccc(N(c2ccc3ccc4c(N(c5ccc(F)c(-c6ccccc6)c5)c5cccc6c5oc5ccccc56)ccc5ccc2c3c54)c2cccc3c4c(oc23)CCC=C4)cc1-c1ccccc1. The summed E-state index contributed by atoms with van der Waals surface area (Å²) >= 11 is 0. The Hall–Kier alpha value is -9.00. The summed E-state index contributed by atoms with van der Waals surface area (Å²) in [6.45, 7) is 0. The van der Waals surface area contributed by atoms with Crippen LogP contribution in [0.1, 0.15) is 17.7 Å². The lowest BCUT2D eigenvalue weighted by Crippen LogP contribution is -2.12. The molecular weight excluding hydrogens is 867 g/mol. The molecule has 0 fully saturated rings. The number of nitrogens with zero attached hydrogens (tertiary/aromatic N) is 2. The molecule has 0 amide bonds. The van der Waals surface area contributed by atoms with Gasteiger partial charge in [-0.3, -0.25) is 0 Å². The van der Waals surface area contributed by atoms with Crippen LogP contribution >= 0.6 is 0 Å². The van der Waals surface area contributed by atoms with Crippen LogP contribution in [0.25, 0.3) is 93.6 Å². The summed E-state index contributed by atoms with van der Waals surface area (Å²) in [5, 5.41) is 9.41. The molecule has 6 heteroatoms. The van der Waals surface area contributed by atoms with E-state index in [1.165, 1.54) is 0 Å². The number of allylic oxidation sites excluding steroid dienone is 1. The van der Waals surface area contributed by atoms with Gasteiger partial charge in [-0.1, -0.05) is 152 Å². The van der Waals surface area contributed by atoms with E-state index in [9.17, 15) is 0 Å². The molecule has 0 unspecified atom stereocenters. The van der Waals surface area contributed by atoms with E-state index in [1.54, 1.807) is 12.1 Å². The Morgan fingerprint density at radius 2 is 0.914 bits per heavy atom. The van der Waals surface area contributed by atoms with Crippen molar-refractivity contribution in [1.29, 1.82) is 0 Å². The second-order valence-electron chi connectivity index (χ2n) is 18.1. The summed E-state index contributed by atoms with van der Waals surface area (Å²) in [5.41, 5.74) is 11.1. The molecule has 1 aliphatic carbocycles. The predicted octanol–water partition coefficient (Wildman–Crippen LogP) is 18.7. The smallest absolute Gasteiger partial charge is 0.159 e. The Labute approximate surface area is 401 Å². The first kappa shape index (κ1) is 40.1. The van der Waals surface area contributed by atoms with Crippen molar-refractivity contribution in [2.45, 2.75) is 12.8 Å². The van der Waals surface area contributed by atoms with Gasteiger partial charge in [-0.15, -0.1) is 0 Å². The summed E-state index contributed by atoms with van der Waals surface area (Å²) in [6.07, 6.45) is 6.12. The van der Waals surface area contributed by atoms with Crippen molar-refractivity contribution in [3.05, 3.63) is 235 Å². The minimum Gasteiger partial charge on any atom is -0.458 e. The van der Waals surface area contributed by atoms with Crippen molar-refractivity contribution in [3.63, 3.8) is 0 Å². The van der Waals surface area contributed by atoms with Crippen molar-refractivity contribution in [1.82, 2.24) is 0 Å². The summed E-state index contributed by atoms with van der Waals surface area (Å²) < 4.78 is 45.6. The number of fused-ring (bicyclic) bond motifs is 6. The normalized spacial score (nSPS) is 12.5. The Balaban J connectivity index is 1.03. The zero-order chi connectivity index (χ0) is 46.5. The fourth-order valence-electron chi connectivity index (χ4n) is 11.0. The summed E-state index contributed by atoms with van der Waals surface area (Å²) in [6, 6.07) is 68.3. The topological polar surface area (TPSA) is 32.8 Å². The van der Waals surface area contributed by atoms with Gasteiger partial charge in [0.25, 0.3) is 0 Å². The van der Waals surface area contributed by atoms with Gasteiger partial charge >= 0.3 is 0 Å². The molecule has 2 heterocycles. The first-order chi connectivity index (χ1) is 34.6. The van der Waals surface area contributed by atoms with E-state index in [1.807, 2.05) is 103 Å². The molecule has 14 rings (SSSR count). The number of hydrogen-bond acceptors (Lipinski definition) is 4. The van der Waals surface area contributed by atoms with Crippen LogP contribution in [0, 0.1) is 11.6 Å². The zero-order valence-electron chi connectivity index (χ0n) is 37.7. The Bertz CT molecular complexity index is 4230. The fourth-order valence-corrected chi connectivity index (χ4v) is 11.0. The van der Waals surface area contributed by atoms with Crippen LogP contribution in [0.2, 0.25) is 0 Å². The number of benzene rings is 11. The van der Waals surface area contributed by atoms with Gasteiger partial charge in [0, 0.05) is 61.4 Å².